The van der Waals surface area contributed by atoms with Gasteiger partial charge in [-0.2, -0.15) is 0 Å². The number of rotatable bonds is 7. The molecule has 0 radical (unpaired) electrons. The summed E-state index contributed by atoms with van der Waals surface area (Å²) in [6, 6.07) is 5.97. The van der Waals surface area contributed by atoms with Crippen LogP contribution in [0.1, 0.15) is 36.5 Å². The number of hydrogen-bond donors (Lipinski definition) is 1. The van der Waals surface area contributed by atoms with Gasteiger partial charge in [-0.25, -0.2) is 4.79 Å². The third kappa shape index (κ3) is 4.15. The number of carbonyl (C=O) groups is 1. The molecule has 1 N–H and O–H groups in total. The molecule has 18 heavy (non-hydrogen) atoms. The largest absolute Gasteiger partial charge is 0.479 e. The summed E-state index contributed by atoms with van der Waals surface area (Å²) in [6.45, 7) is 6.63. The molecule has 0 heterocycles. The Balaban J connectivity index is 2.71. The number of carboxylic acid groups (broad SMARTS) is 1. The Hall–Kier alpha value is -1.35. The van der Waals surface area contributed by atoms with E-state index in [1.165, 1.54) is 5.56 Å². The summed E-state index contributed by atoms with van der Waals surface area (Å²) in [5.41, 5.74) is 3.40. The van der Waals surface area contributed by atoms with E-state index < -0.39 is 12.1 Å². The highest BCUT2D eigenvalue weighted by Crippen LogP contribution is 2.16. The first-order chi connectivity index (χ1) is 8.56. The Kier molecular flexibility index (Phi) is 5.86. The fourth-order valence-corrected chi connectivity index (χ4v) is 1.82. The van der Waals surface area contributed by atoms with Crippen molar-refractivity contribution in [3.8, 4) is 0 Å². The molecular weight excluding hydrogens is 228 g/mol. The van der Waals surface area contributed by atoms with Crippen molar-refractivity contribution < 1.29 is 14.6 Å². The number of aliphatic carboxylic acids is 1. The van der Waals surface area contributed by atoms with Crippen molar-refractivity contribution in [3.05, 3.63) is 34.9 Å². The molecule has 0 amide bonds. The fourth-order valence-electron chi connectivity index (χ4n) is 1.82. The van der Waals surface area contributed by atoms with Gasteiger partial charge in [-0.1, -0.05) is 31.5 Å². The van der Waals surface area contributed by atoms with Gasteiger partial charge in [0.1, 0.15) is 0 Å². The van der Waals surface area contributed by atoms with Crippen LogP contribution in [0.15, 0.2) is 18.2 Å². The second-order valence-corrected chi connectivity index (χ2v) is 4.61. The Morgan fingerprint density at radius 1 is 1.39 bits per heavy atom. The zero-order valence-corrected chi connectivity index (χ0v) is 11.4. The molecule has 1 atom stereocenters. The lowest BCUT2D eigenvalue weighted by Crippen LogP contribution is -2.27. The SMILES string of the molecule is CCCCO[C@@H](Cc1cccc(C)c1C)C(=O)O. The topological polar surface area (TPSA) is 46.5 Å². The lowest BCUT2D eigenvalue weighted by Gasteiger charge is -2.15. The summed E-state index contributed by atoms with van der Waals surface area (Å²) in [6.07, 6.45) is 1.61. The van der Waals surface area contributed by atoms with E-state index in [-0.39, 0.29) is 0 Å². The molecule has 0 aliphatic heterocycles. The van der Waals surface area contributed by atoms with E-state index in [0.717, 1.165) is 24.0 Å². The normalized spacial score (nSPS) is 12.4. The average molecular weight is 250 g/mol. The highest BCUT2D eigenvalue weighted by molar-refractivity contribution is 5.72. The third-order valence-electron chi connectivity index (χ3n) is 3.21. The van der Waals surface area contributed by atoms with Gasteiger partial charge in [0.25, 0.3) is 0 Å². The number of hydrogen-bond acceptors (Lipinski definition) is 2. The maximum Gasteiger partial charge on any atom is 0.333 e. The molecule has 0 aromatic heterocycles. The minimum Gasteiger partial charge on any atom is -0.479 e. The molecule has 1 aromatic carbocycles. The molecule has 0 fully saturated rings. The quantitative estimate of drug-likeness (QED) is 0.756. The molecule has 0 unspecified atom stereocenters. The Labute approximate surface area is 109 Å². The molecule has 0 spiro atoms. The molecule has 1 rings (SSSR count). The fraction of sp³-hybridized carbons (Fsp3) is 0.533. The Morgan fingerprint density at radius 2 is 2.11 bits per heavy atom. The van der Waals surface area contributed by atoms with E-state index in [0.29, 0.717) is 13.0 Å². The number of ether oxygens (including phenoxy) is 1. The Bertz CT molecular complexity index is 399. The van der Waals surface area contributed by atoms with E-state index >= 15 is 0 Å². The van der Waals surface area contributed by atoms with Crippen LogP contribution < -0.4 is 0 Å². The van der Waals surface area contributed by atoms with Crippen LogP contribution in [0.2, 0.25) is 0 Å². The molecule has 100 valence electrons. The van der Waals surface area contributed by atoms with Crippen molar-refractivity contribution in [2.45, 2.75) is 46.1 Å². The zero-order chi connectivity index (χ0) is 13.5. The van der Waals surface area contributed by atoms with Gasteiger partial charge in [0.2, 0.25) is 0 Å². The van der Waals surface area contributed by atoms with Gasteiger partial charge in [0.15, 0.2) is 6.10 Å². The van der Waals surface area contributed by atoms with Crippen molar-refractivity contribution in [3.63, 3.8) is 0 Å². The van der Waals surface area contributed by atoms with Crippen LogP contribution in [-0.4, -0.2) is 23.8 Å². The van der Waals surface area contributed by atoms with Crippen molar-refractivity contribution >= 4 is 5.97 Å². The van der Waals surface area contributed by atoms with Gasteiger partial charge >= 0.3 is 5.97 Å². The van der Waals surface area contributed by atoms with Crippen LogP contribution in [0.4, 0.5) is 0 Å². The van der Waals surface area contributed by atoms with Crippen LogP contribution >= 0.6 is 0 Å². The highest BCUT2D eigenvalue weighted by Gasteiger charge is 2.19. The summed E-state index contributed by atoms with van der Waals surface area (Å²) in [5.74, 6) is -0.882. The maximum absolute atomic E-state index is 11.2. The number of aryl methyl sites for hydroxylation is 1. The molecule has 0 aliphatic carbocycles. The summed E-state index contributed by atoms with van der Waals surface area (Å²) < 4.78 is 5.44. The molecule has 1 aromatic rings. The van der Waals surface area contributed by atoms with Gasteiger partial charge in [-0.3, -0.25) is 0 Å². The van der Waals surface area contributed by atoms with Crippen molar-refractivity contribution in [1.29, 1.82) is 0 Å². The standard InChI is InChI=1S/C15H22O3/c1-4-5-9-18-14(15(16)17)10-13-8-6-7-11(2)12(13)3/h6-8,14H,4-5,9-10H2,1-3H3,(H,16,17)/t14-/m0/s1. The van der Waals surface area contributed by atoms with Crippen LogP contribution in [0, 0.1) is 13.8 Å². The Morgan fingerprint density at radius 3 is 2.72 bits per heavy atom. The van der Waals surface area contributed by atoms with Crippen LogP contribution in [0.5, 0.6) is 0 Å². The zero-order valence-electron chi connectivity index (χ0n) is 11.4. The predicted octanol–water partition coefficient (Wildman–Crippen LogP) is 3.12. The minimum absolute atomic E-state index is 0.437. The first-order valence-electron chi connectivity index (χ1n) is 6.45. The second kappa shape index (κ2) is 7.17. The first-order valence-corrected chi connectivity index (χ1v) is 6.45. The van der Waals surface area contributed by atoms with Gasteiger partial charge in [-0.15, -0.1) is 0 Å². The van der Waals surface area contributed by atoms with E-state index in [4.69, 9.17) is 9.84 Å². The molecule has 0 bridgehead atoms. The van der Waals surface area contributed by atoms with Gasteiger partial charge in [0.05, 0.1) is 0 Å². The molecule has 0 saturated carbocycles. The van der Waals surface area contributed by atoms with Crippen molar-refractivity contribution in [1.82, 2.24) is 0 Å². The lowest BCUT2D eigenvalue weighted by molar-refractivity contribution is -0.150. The number of carboxylic acids is 1. The molecular formula is C15H22O3. The average Bonchev–Trinajstić information content (AvgIpc) is 2.33. The second-order valence-electron chi connectivity index (χ2n) is 4.61. The molecule has 0 aliphatic rings. The summed E-state index contributed by atoms with van der Waals surface area (Å²) in [7, 11) is 0. The van der Waals surface area contributed by atoms with E-state index in [1.54, 1.807) is 0 Å². The van der Waals surface area contributed by atoms with Crippen molar-refractivity contribution in [2.75, 3.05) is 6.61 Å². The highest BCUT2D eigenvalue weighted by atomic mass is 16.5. The van der Waals surface area contributed by atoms with Gasteiger partial charge in [-0.05, 0) is 37.0 Å². The van der Waals surface area contributed by atoms with E-state index in [1.807, 2.05) is 32.0 Å². The van der Waals surface area contributed by atoms with Gasteiger partial charge in [0, 0.05) is 13.0 Å². The lowest BCUT2D eigenvalue weighted by atomic mass is 9.98. The first kappa shape index (κ1) is 14.7. The minimum atomic E-state index is -0.882. The smallest absolute Gasteiger partial charge is 0.333 e. The predicted molar refractivity (Wildman–Crippen MR) is 71.9 cm³/mol. The maximum atomic E-state index is 11.2. The van der Waals surface area contributed by atoms with E-state index in [9.17, 15) is 4.79 Å². The molecule has 0 saturated heterocycles. The van der Waals surface area contributed by atoms with E-state index in [2.05, 4.69) is 6.92 Å². The van der Waals surface area contributed by atoms with Crippen LogP contribution in [0.25, 0.3) is 0 Å². The summed E-state index contributed by atoms with van der Waals surface area (Å²) in [4.78, 5) is 11.2. The summed E-state index contributed by atoms with van der Waals surface area (Å²) in [5, 5.41) is 9.17. The van der Waals surface area contributed by atoms with Crippen LogP contribution in [0.3, 0.4) is 0 Å². The number of benzene rings is 1. The molecule has 3 heteroatoms. The third-order valence-corrected chi connectivity index (χ3v) is 3.21. The summed E-state index contributed by atoms with van der Waals surface area (Å²) >= 11 is 0. The van der Waals surface area contributed by atoms with Gasteiger partial charge < -0.3 is 9.84 Å². The van der Waals surface area contributed by atoms with Crippen LogP contribution in [-0.2, 0) is 16.0 Å². The van der Waals surface area contributed by atoms with Crippen molar-refractivity contribution in [2.24, 2.45) is 0 Å². The number of unbranched alkanes of at least 4 members (excludes halogenated alkanes) is 1. The molecule has 3 nitrogen and oxygen atoms in total. The monoisotopic (exact) mass is 250 g/mol.